The van der Waals surface area contributed by atoms with Crippen molar-refractivity contribution in [1.29, 1.82) is 0 Å². The largest absolute Gasteiger partial charge is 0.351 e. The molecule has 0 radical (unpaired) electrons. The normalized spacial score (nSPS) is 10.1. The summed E-state index contributed by atoms with van der Waals surface area (Å²) >= 11 is 0. The minimum absolute atomic E-state index is 0. The number of likely N-dealkylation sites (N-methyl/N-ethyl adjacent to an activating group) is 1. The number of aryl methyl sites for hydroxylation is 1. The second-order valence-electron chi connectivity index (χ2n) is 4.23. The van der Waals surface area contributed by atoms with E-state index in [4.69, 9.17) is 0 Å². The molecule has 0 saturated carbocycles. The smallest absolute Gasteiger partial charge is 0.254 e. The SMILES string of the molecule is CNCCNC(=O)c1cnc(C)nc1C(C)C.Cl. The molecule has 1 rings (SSSR count). The predicted octanol–water partition coefficient (Wildman–Crippen LogP) is 1.28. The van der Waals surface area contributed by atoms with Crippen molar-refractivity contribution in [2.45, 2.75) is 26.7 Å². The zero-order chi connectivity index (χ0) is 12.8. The number of carbonyl (C=O) groups excluding carboxylic acids is 1. The summed E-state index contributed by atoms with van der Waals surface area (Å²) in [6.07, 6.45) is 1.60. The Hall–Kier alpha value is -1.20. The van der Waals surface area contributed by atoms with Crippen molar-refractivity contribution in [3.05, 3.63) is 23.3 Å². The molecule has 0 unspecified atom stereocenters. The Balaban J connectivity index is 0.00000289. The van der Waals surface area contributed by atoms with Gasteiger partial charge in [-0.05, 0) is 19.9 Å². The van der Waals surface area contributed by atoms with Gasteiger partial charge in [-0.15, -0.1) is 12.4 Å². The molecule has 0 saturated heterocycles. The minimum Gasteiger partial charge on any atom is -0.351 e. The fourth-order valence-electron chi connectivity index (χ4n) is 1.50. The summed E-state index contributed by atoms with van der Waals surface area (Å²) in [6.45, 7) is 7.21. The molecule has 0 aliphatic carbocycles. The van der Waals surface area contributed by atoms with Gasteiger partial charge in [0.1, 0.15) is 5.82 Å². The first-order chi connectivity index (χ1) is 8.06. The molecule has 1 heterocycles. The first-order valence-electron chi connectivity index (χ1n) is 5.82. The van der Waals surface area contributed by atoms with E-state index in [2.05, 4.69) is 20.6 Å². The molecule has 0 aliphatic heterocycles. The maximum absolute atomic E-state index is 11.9. The highest BCUT2D eigenvalue weighted by atomic mass is 35.5. The zero-order valence-corrected chi connectivity index (χ0v) is 12.1. The van der Waals surface area contributed by atoms with E-state index in [0.29, 0.717) is 17.9 Å². The number of halogens is 1. The fourth-order valence-corrected chi connectivity index (χ4v) is 1.50. The standard InChI is InChI=1S/C12H20N4O.ClH/c1-8(2)11-10(7-15-9(3)16-11)12(17)14-6-5-13-4;/h7-8,13H,5-6H2,1-4H3,(H,14,17);1H. The Bertz CT molecular complexity index is 396. The predicted molar refractivity (Wildman–Crippen MR) is 74.4 cm³/mol. The number of rotatable bonds is 5. The molecule has 0 atom stereocenters. The van der Waals surface area contributed by atoms with Gasteiger partial charge in [-0.1, -0.05) is 13.8 Å². The van der Waals surface area contributed by atoms with Gasteiger partial charge in [0.2, 0.25) is 0 Å². The highest BCUT2D eigenvalue weighted by Gasteiger charge is 2.15. The van der Waals surface area contributed by atoms with Crippen molar-refractivity contribution in [3.8, 4) is 0 Å². The molecule has 18 heavy (non-hydrogen) atoms. The van der Waals surface area contributed by atoms with E-state index in [1.165, 1.54) is 0 Å². The quantitative estimate of drug-likeness (QED) is 0.793. The van der Waals surface area contributed by atoms with Crippen LogP contribution in [0, 0.1) is 6.92 Å². The molecule has 102 valence electrons. The summed E-state index contributed by atoms with van der Waals surface area (Å²) in [5.41, 5.74) is 1.38. The summed E-state index contributed by atoms with van der Waals surface area (Å²) in [7, 11) is 1.85. The second-order valence-corrected chi connectivity index (χ2v) is 4.23. The van der Waals surface area contributed by atoms with Crippen LogP contribution in [0.4, 0.5) is 0 Å². The van der Waals surface area contributed by atoms with Crippen LogP contribution in [0.3, 0.4) is 0 Å². The van der Waals surface area contributed by atoms with Gasteiger partial charge in [-0.2, -0.15) is 0 Å². The topological polar surface area (TPSA) is 66.9 Å². The van der Waals surface area contributed by atoms with E-state index in [9.17, 15) is 4.79 Å². The molecular weight excluding hydrogens is 252 g/mol. The van der Waals surface area contributed by atoms with Gasteiger partial charge in [0.05, 0.1) is 11.3 Å². The maximum atomic E-state index is 11.9. The van der Waals surface area contributed by atoms with Crippen LogP contribution >= 0.6 is 12.4 Å². The highest BCUT2D eigenvalue weighted by Crippen LogP contribution is 2.16. The number of aromatic nitrogens is 2. The molecule has 0 spiro atoms. The molecule has 0 bridgehead atoms. The van der Waals surface area contributed by atoms with Crippen LogP contribution in [0.15, 0.2) is 6.20 Å². The Labute approximate surface area is 114 Å². The third-order valence-electron chi connectivity index (χ3n) is 2.39. The van der Waals surface area contributed by atoms with Crippen LogP contribution in [-0.4, -0.2) is 36.0 Å². The van der Waals surface area contributed by atoms with Crippen molar-refractivity contribution >= 4 is 18.3 Å². The Morgan fingerprint density at radius 1 is 1.39 bits per heavy atom. The summed E-state index contributed by atoms with van der Waals surface area (Å²) in [6, 6.07) is 0. The van der Waals surface area contributed by atoms with Crippen molar-refractivity contribution in [3.63, 3.8) is 0 Å². The van der Waals surface area contributed by atoms with Gasteiger partial charge in [0, 0.05) is 19.3 Å². The lowest BCUT2D eigenvalue weighted by atomic mass is 10.0. The molecule has 0 aromatic carbocycles. The molecule has 1 aromatic rings. The Morgan fingerprint density at radius 2 is 2.06 bits per heavy atom. The number of amides is 1. The molecule has 1 amide bonds. The van der Waals surface area contributed by atoms with Gasteiger partial charge in [-0.3, -0.25) is 4.79 Å². The molecule has 5 nitrogen and oxygen atoms in total. The van der Waals surface area contributed by atoms with Crippen LogP contribution in [0.1, 0.15) is 41.6 Å². The lowest BCUT2D eigenvalue weighted by molar-refractivity contribution is 0.0952. The van der Waals surface area contributed by atoms with Crippen LogP contribution in [0.25, 0.3) is 0 Å². The van der Waals surface area contributed by atoms with Crippen LogP contribution in [0.2, 0.25) is 0 Å². The number of nitrogens with zero attached hydrogens (tertiary/aromatic N) is 2. The van der Waals surface area contributed by atoms with Crippen LogP contribution in [-0.2, 0) is 0 Å². The van der Waals surface area contributed by atoms with Crippen molar-refractivity contribution in [2.24, 2.45) is 0 Å². The van der Waals surface area contributed by atoms with E-state index >= 15 is 0 Å². The summed E-state index contributed by atoms with van der Waals surface area (Å²) in [5.74, 6) is 0.797. The van der Waals surface area contributed by atoms with Gasteiger partial charge in [0.15, 0.2) is 0 Å². The van der Waals surface area contributed by atoms with Crippen LogP contribution < -0.4 is 10.6 Å². The summed E-state index contributed by atoms with van der Waals surface area (Å²) in [4.78, 5) is 20.4. The van der Waals surface area contributed by atoms with Crippen molar-refractivity contribution in [2.75, 3.05) is 20.1 Å². The first-order valence-corrected chi connectivity index (χ1v) is 5.82. The van der Waals surface area contributed by atoms with Crippen molar-refractivity contribution < 1.29 is 4.79 Å². The average Bonchev–Trinajstić information content (AvgIpc) is 2.29. The van der Waals surface area contributed by atoms with Gasteiger partial charge < -0.3 is 10.6 Å². The molecule has 0 fully saturated rings. The second kappa shape index (κ2) is 8.00. The van der Waals surface area contributed by atoms with Crippen molar-refractivity contribution in [1.82, 2.24) is 20.6 Å². The number of hydrogen-bond acceptors (Lipinski definition) is 4. The zero-order valence-electron chi connectivity index (χ0n) is 11.3. The Morgan fingerprint density at radius 3 is 2.61 bits per heavy atom. The number of carbonyl (C=O) groups is 1. The Kier molecular flexibility index (Phi) is 7.47. The van der Waals surface area contributed by atoms with E-state index < -0.39 is 0 Å². The third kappa shape index (κ3) is 4.58. The molecule has 2 N–H and O–H groups in total. The lowest BCUT2D eigenvalue weighted by Gasteiger charge is -2.11. The molecule has 0 aliphatic rings. The molecule has 6 heteroatoms. The highest BCUT2D eigenvalue weighted by molar-refractivity contribution is 5.95. The van der Waals surface area contributed by atoms with E-state index in [-0.39, 0.29) is 24.2 Å². The van der Waals surface area contributed by atoms with Gasteiger partial charge >= 0.3 is 0 Å². The number of hydrogen-bond donors (Lipinski definition) is 2. The minimum atomic E-state index is -0.107. The molecular formula is C12H21ClN4O. The van der Waals surface area contributed by atoms with E-state index in [0.717, 1.165) is 12.2 Å². The monoisotopic (exact) mass is 272 g/mol. The first kappa shape index (κ1) is 16.8. The van der Waals surface area contributed by atoms with Gasteiger partial charge in [0.25, 0.3) is 5.91 Å². The van der Waals surface area contributed by atoms with Crippen LogP contribution in [0.5, 0.6) is 0 Å². The van der Waals surface area contributed by atoms with Gasteiger partial charge in [-0.25, -0.2) is 9.97 Å². The summed E-state index contributed by atoms with van der Waals surface area (Å²) in [5, 5.41) is 5.81. The van der Waals surface area contributed by atoms with E-state index in [1.807, 2.05) is 27.8 Å². The fraction of sp³-hybridized carbons (Fsp3) is 0.583. The average molecular weight is 273 g/mol. The maximum Gasteiger partial charge on any atom is 0.254 e. The third-order valence-corrected chi connectivity index (χ3v) is 2.39. The lowest BCUT2D eigenvalue weighted by Crippen LogP contribution is -2.31. The molecule has 1 aromatic heterocycles. The number of nitrogens with one attached hydrogen (secondary N) is 2. The summed E-state index contributed by atoms with van der Waals surface area (Å²) < 4.78 is 0. The van der Waals surface area contributed by atoms with E-state index in [1.54, 1.807) is 6.20 Å².